The summed E-state index contributed by atoms with van der Waals surface area (Å²) in [5.41, 5.74) is 0.646. The molecule has 1 fully saturated rings. The van der Waals surface area contributed by atoms with Crippen molar-refractivity contribution in [3.05, 3.63) is 29.9 Å². The van der Waals surface area contributed by atoms with Gasteiger partial charge in [-0.25, -0.2) is 0 Å². The lowest BCUT2D eigenvalue weighted by atomic mass is 10.1. The number of nitrogens with zero attached hydrogens (tertiary/aromatic N) is 3. The number of hydrogen-bond donors (Lipinski definition) is 0. The van der Waals surface area contributed by atoms with Crippen molar-refractivity contribution >= 4 is 11.8 Å². The molecule has 1 aromatic heterocycles. The van der Waals surface area contributed by atoms with Crippen LogP contribution in [0.4, 0.5) is 0 Å². The van der Waals surface area contributed by atoms with E-state index in [1.165, 1.54) is 0 Å². The average Bonchev–Trinajstić information content (AvgIpc) is 2.80. The monoisotopic (exact) mass is 289 g/mol. The number of aromatic nitrogens is 1. The van der Waals surface area contributed by atoms with Crippen LogP contribution >= 0.6 is 0 Å². The highest BCUT2D eigenvalue weighted by Crippen LogP contribution is 2.21. The maximum atomic E-state index is 12.7. The zero-order valence-electron chi connectivity index (χ0n) is 13.1. The normalized spacial score (nSPS) is 19.9. The summed E-state index contributed by atoms with van der Waals surface area (Å²) in [5, 5.41) is 0. The second-order valence-electron chi connectivity index (χ2n) is 6.03. The van der Waals surface area contributed by atoms with Crippen LogP contribution in [0, 0.1) is 5.92 Å². The number of hydrogen-bond acceptors (Lipinski definition) is 3. The first kappa shape index (κ1) is 15.5. The maximum Gasteiger partial charge on any atom is 0.237 e. The molecule has 1 aliphatic heterocycles. The predicted molar refractivity (Wildman–Crippen MR) is 80.7 cm³/mol. The molecule has 0 unspecified atom stereocenters. The molecule has 0 bridgehead atoms. The van der Waals surface area contributed by atoms with Gasteiger partial charge in [-0.2, -0.15) is 0 Å². The van der Waals surface area contributed by atoms with Crippen molar-refractivity contribution in [2.24, 2.45) is 10.9 Å². The summed E-state index contributed by atoms with van der Waals surface area (Å²) in [6, 6.07) is 5.76. The van der Waals surface area contributed by atoms with E-state index in [0.29, 0.717) is 18.5 Å². The number of pyridine rings is 1. The van der Waals surface area contributed by atoms with Gasteiger partial charge in [0.1, 0.15) is 5.49 Å². The van der Waals surface area contributed by atoms with Crippen LogP contribution < -0.4 is 5.49 Å². The molecule has 2 heterocycles. The Labute approximate surface area is 125 Å². The van der Waals surface area contributed by atoms with E-state index in [1.807, 2.05) is 45.9 Å². The fraction of sp³-hybridized carbons (Fsp3) is 0.562. The Morgan fingerprint density at radius 2 is 2.00 bits per heavy atom. The SMILES string of the molecule is CC(C)N=c1ccccn1C(=O)[C@H]1CC(=O)N(C(C)C)C1. The zero-order chi connectivity index (χ0) is 15.6. The summed E-state index contributed by atoms with van der Waals surface area (Å²) in [4.78, 5) is 30.9. The topological polar surface area (TPSA) is 54.7 Å². The Kier molecular flexibility index (Phi) is 4.60. The molecule has 1 saturated heterocycles. The third-order valence-corrected chi connectivity index (χ3v) is 3.60. The van der Waals surface area contributed by atoms with E-state index in [9.17, 15) is 9.59 Å². The number of amides is 1. The van der Waals surface area contributed by atoms with Crippen LogP contribution in [-0.4, -0.2) is 39.9 Å². The Morgan fingerprint density at radius 1 is 1.29 bits per heavy atom. The Balaban J connectivity index is 2.28. The van der Waals surface area contributed by atoms with Gasteiger partial charge in [-0.05, 0) is 39.8 Å². The molecule has 0 spiro atoms. The molecule has 114 valence electrons. The van der Waals surface area contributed by atoms with Crippen molar-refractivity contribution in [3.63, 3.8) is 0 Å². The van der Waals surface area contributed by atoms with E-state index in [2.05, 4.69) is 4.99 Å². The van der Waals surface area contributed by atoms with Crippen LogP contribution in [0.15, 0.2) is 29.4 Å². The molecular formula is C16H23N3O2. The van der Waals surface area contributed by atoms with Crippen molar-refractivity contribution in [2.75, 3.05) is 6.54 Å². The van der Waals surface area contributed by atoms with Crippen molar-refractivity contribution in [1.82, 2.24) is 9.47 Å². The van der Waals surface area contributed by atoms with Crippen LogP contribution in [0.3, 0.4) is 0 Å². The Hall–Kier alpha value is -1.91. The van der Waals surface area contributed by atoms with E-state index >= 15 is 0 Å². The Bertz CT molecular complexity index is 602. The summed E-state index contributed by atoms with van der Waals surface area (Å²) < 4.78 is 1.57. The molecule has 0 saturated carbocycles. The van der Waals surface area contributed by atoms with Gasteiger partial charge in [0.25, 0.3) is 0 Å². The lowest BCUT2D eigenvalue weighted by Gasteiger charge is -2.20. The molecule has 1 aromatic rings. The van der Waals surface area contributed by atoms with Crippen LogP contribution in [0.5, 0.6) is 0 Å². The Morgan fingerprint density at radius 3 is 2.57 bits per heavy atom. The number of likely N-dealkylation sites (tertiary alicyclic amines) is 1. The van der Waals surface area contributed by atoms with Crippen LogP contribution in [-0.2, 0) is 4.79 Å². The highest BCUT2D eigenvalue weighted by atomic mass is 16.2. The van der Waals surface area contributed by atoms with E-state index in [-0.39, 0.29) is 29.8 Å². The molecule has 1 aliphatic rings. The highest BCUT2D eigenvalue weighted by molar-refractivity contribution is 5.90. The summed E-state index contributed by atoms with van der Waals surface area (Å²) in [6.45, 7) is 8.39. The molecule has 1 atom stereocenters. The summed E-state index contributed by atoms with van der Waals surface area (Å²) in [5.74, 6) is -0.276. The van der Waals surface area contributed by atoms with Gasteiger partial charge in [0.2, 0.25) is 11.8 Å². The third kappa shape index (κ3) is 3.40. The molecule has 0 aromatic carbocycles. The van der Waals surface area contributed by atoms with E-state index in [0.717, 1.165) is 0 Å². The highest BCUT2D eigenvalue weighted by Gasteiger charge is 2.36. The second kappa shape index (κ2) is 6.24. The standard InChI is InChI=1S/C16H23N3O2/c1-11(2)17-14-7-5-6-8-18(14)16(21)13-9-15(20)19(10-13)12(3)4/h5-8,11-13H,9-10H2,1-4H3/t13-/m0/s1. The lowest BCUT2D eigenvalue weighted by molar-refractivity contribution is -0.129. The van der Waals surface area contributed by atoms with Gasteiger partial charge in [-0.3, -0.25) is 19.1 Å². The first-order chi connectivity index (χ1) is 9.90. The second-order valence-corrected chi connectivity index (χ2v) is 6.03. The van der Waals surface area contributed by atoms with Crippen molar-refractivity contribution in [2.45, 2.75) is 46.2 Å². The van der Waals surface area contributed by atoms with E-state index < -0.39 is 0 Å². The zero-order valence-corrected chi connectivity index (χ0v) is 13.1. The van der Waals surface area contributed by atoms with Gasteiger partial charge < -0.3 is 4.90 Å². The molecule has 0 aliphatic carbocycles. The van der Waals surface area contributed by atoms with Crippen molar-refractivity contribution in [3.8, 4) is 0 Å². The third-order valence-electron chi connectivity index (χ3n) is 3.60. The first-order valence-electron chi connectivity index (χ1n) is 7.45. The van der Waals surface area contributed by atoms with Crippen molar-refractivity contribution in [1.29, 1.82) is 0 Å². The minimum Gasteiger partial charge on any atom is -0.339 e. The summed E-state index contributed by atoms with van der Waals surface area (Å²) >= 11 is 0. The lowest BCUT2D eigenvalue weighted by Crippen LogP contribution is -2.35. The fourth-order valence-corrected chi connectivity index (χ4v) is 2.58. The molecule has 0 N–H and O–H groups in total. The van der Waals surface area contributed by atoms with Gasteiger partial charge >= 0.3 is 0 Å². The minimum absolute atomic E-state index is 0.0495. The van der Waals surface area contributed by atoms with Gasteiger partial charge in [-0.15, -0.1) is 0 Å². The molecule has 2 rings (SSSR count). The molecule has 21 heavy (non-hydrogen) atoms. The first-order valence-corrected chi connectivity index (χ1v) is 7.45. The largest absolute Gasteiger partial charge is 0.339 e. The van der Waals surface area contributed by atoms with Gasteiger partial charge in [0.05, 0.1) is 5.92 Å². The molecule has 5 heteroatoms. The number of carbonyl (C=O) groups excluding carboxylic acids is 2. The molecular weight excluding hydrogens is 266 g/mol. The molecule has 5 nitrogen and oxygen atoms in total. The average molecular weight is 289 g/mol. The minimum atomic E-state index is -0.284. The fourth-order valence-electron chi connectivity index (χ4n) is 2.58. The number of rotatable bonds is 3. The van der Waals surface area contributed by atoms with Crippen LogP contribution in [0.25, 0.3) is 0 Å². The summed E-state index contributed by atoms with van der Waals surface area (Å²) in [7, 11) is 0. The van der Waals surface area contributed by atoms with Gasteiger partial charge in [0, 0.05) is 31.2 Å². The summed E-state index contributed by atoms with van der Waals surface area (Å²) in [6.07, 6.45) is 2.02. The van der Waals surface area contributed by atoms with Crippen LogP contribution in [0.2, 0.25) is 0 Å². The molecule has 1 amide bonds. The van der Waals surface area contributed by atoms with E-state index in [4.69, 9.17) is 0 Å². The molecule has 0 radical (unpaired) electrons. The smallest absolute Gasteiger partial charge is 0.237 e. The number of carbonyl (C=O) groups is 2. The van der Waals surface area contributed by atoms with Gasteiger partial charge in [0.15, 0.2) is 0 Å². The van der Waals surface area contributed by atoms with Crippen molar-refractivity contribution < 1.29 is 9.59 Å². The van der Waals surface area contributed by atoms with E-state index in [1.54, 1.807) is 15.7 Å². The van der Waals surface area contributed by atoms with Gasteiger partial charge in [-0.1, -0.05) is 6.07 Å². The van der Waals surface area contributed by atoms with Crippen LogP contribution in [0.1, 0.15) is 38.9 Å². The maximum absolute atomic E-state index is 12.7. The predicted octanol–water partition coefficient (Wildman–Crippen LogP) is 1.69. The quantitative estimate of drug-likeness (QED) is 0.850.